The molecule has 0 radical (unpaired) electrons. The highest BCUT2D eigenvalue weighted by Crippen LogP contribution is 2.37. The van der Waals surface area contributed by atoms with Gasteiger partial charge in [-0.15, -0.1) is 0 Å². The molecule has 2 heterocycles. The molecule has 4 aromatic rings. The summed E-state index contributed by atoms with van der Waals surface area (Å²) in [5, 5.41) is 1.32. The summed E-state index contributed by atoms with van der Waals surface area (Å²) in [5.41, 5.74) is 3.80. The lowest BCUT2D eigenvalue weighted by Gasteiger charge is -2.06. The molecular formula is C16H11NS3. The van der Waals surface area contributed by atoms with Crippen LogP contribution in [-0.4, -0.2) is 4.57 Å². The number of rotatable bonds is 2. The van der Waals surface area contributed by atoms with Crippen molar-refractivity contribution in [3.05, 3.63) is 64.0 Å². The Balaban J connectivity index is 2.04. The molecule has 2 aromatic heterocycles. The first-order valence-corrected chi connectivity index (χ1v) is 8.94. The first kappa shape index (κ1) is 12.3. The molecule has 0 fully saturated rings. The third-order valence-electron chi connectivity index (χ3n) is 3.50. The standard InChI is InChI=1S/C16H11NS3/c18-16-14-15(19-20-16)12-8-4-5-9-13(12)17(14)10-11-6-2-1-3-7-11/h1-9H,10H2. The van der Waals surface area contributed by atoms with Gasteiger partial charge < -0.3 is 4.57 Å². The van der Waals surface area contributed by atoms with Gasteiger partial charge in [-0.25, -0.2) is 0 Å². The molecule has 0 saturated heterocycles. The van der Waals surface area contributed by atoms with Crippen LogP contribution in [0.25, 0.3) is 21.1 Å². The molecule has 0 aliphatic heterocycles. The minimum absolute atomic E-state index is 0.873. The highest BCUT2D eigenvalue weighted by atomic mass is 32.9. The molecule has 0 unspecified atom stereocenters. The third-order valence-corrected chi connectivity index (χ3v) is 6.52. The van der Waals surface area contributed by atoms with Crippen molar-refractivity contribution >= 4 is 54.0 Å². The Morgan fingerprint density at radius 2 is 1.65 bits per heavy atom. The number of hydrogen-bond acceptors (Lipinski definition) is 3. The molecule has 2 aromatic carbocycles. The largest absolute Gasteiger partial charge is 0.333 e. The molecular weight excluding hydrogens is 302 g/mol. The molecule has 0 bridgehead atoms. The lowest BCUT2D eigenvalue weighted by atomic mass is 10.2. The predicted octanol–water partition coefficient (Wildman–Crippen LogP) is 5.70. The fourth-order valence-corrected chi connectivity index (χ4v) is 5.48. The topological polar surface area (TPSA) is 4.93 Å². The van der Waals surface area contributed by atoms with E-state index in [0.717, 1.165) is 10.4 Å². The lowest BCUT2D eigenvalue weighted by Crippen LogP contribution is -1.98. The summed E-state index contributed by atoms with van der Waals surface area (Å²) in [7, 11) is 3.49. The highest BCUT2D eigenvalue weighted by Gasteiger charge is 2.13. The first-order valence-electron chi connectivity index (χ1n) is 6.38. The Kier molecular flexibility index (Phi) is 2.95. The zero-order valence-corrected chi connectivity index (χ0v) is 13.0. The van der Waals surface area contributed by atoms with Crippen molar-refractivity contribution in [1.29, 1.82) is 0 Å². The average Bonchev–Trinajstić information content (AvgIpc) is 3.01. The van der Waals surface area contributed by atoms with E-state index in [1.54, 1.807) is 20.7 Å². The van der Waals surface area contributed by atoms with Gasteiger partial charge in [0.2, 0.25) is 0 Å². The van der Waals surface area contributed by atoms with Crippen LogP contribution in [0.15, 0.2) is 54.6 Å². The normalized spacial score (nSPS) is 11.4. The van der Waals surface area contributed by atoms with Gasteiger partial charge in [0.15, 0.2) is 0 Å². The molecule has 4 heteroatoms. The molecule has 0 aliphatic carbocycles. The van der Waals surface area contributed by atoms with Crippen molar-refractivity contribution in [1.82, 2.24) is 4.57 Å². The van der Waals surface area contributed by atoms with Crippen molar-refractivity contribution in [3.63, 3.8) is 0 Å². The Hall–Kier alpha value is -1.49. The SMILES string of the molecule is S=c1ssc2c3ccccc3n(Cc3ccccc3)c12. The van der Waals surface area contributed by atoms with Gasteiger partial charge in [0, 0.05) is 11.9 Å². The fourth-order valence-electron chi connectivity index (χ4n) is 2.61. The van der Waals surface area contributed by atoms with Crippen molar-refractivity contribution in [3.8, 4) is 0 Å². The quantitative estimate of drug-likeness (QED) is 0.340. The average molecular weight is 313 g/mol. The second-order valence-electron chi connectivity index (χ2n) is 4.72. The third kappa shape index (κ3) is 1.84. The molecule has 20 heavy (non-hydrogen) atoms. The molecule has 0 amide bonds. The maximum atomic E-state index is 5.54. The molecule has 4 rings (SSSR count). The van der Waals surface area contributed by atoms with Gasteiger partial charge in [0.05, 0.1) is 15.7 Å². The van der Waals surface area contributed by atoms with Crippen LogP contribution >= 0.6 is 32.9 Å². The summed E-state index contributed by atoms with van der Waals surface area (Å²) in [5.74, 6) is 0. The molecule has 0 aliphatic rings. The minimum atomic E-state index is 0.873. The van der Waals surface area contributed by atoms with E-state index in [0.29, 0.717) is 0 Å². The van der Waals surface area contributed by atoms with Crippen LogP contribution in [0, 0.1) is 3.82 Å². The van der Waals surface area contributed by atoms with Crippen LogP contribution in [0.5, 0.6) is 0 Å². The maximum absolute atomic E-state index is 5.54. The summed E-state index contributed by atoms with van der Waals surface area (Å²) in [6.45, 7) is 0.873. The second kappa shape index (κ2) is 4.81. The van der Waals surface area contributed by atoms with Crippen LogP contribution in [0.1, 0.15) is 5.56 Å². The van der Waals surface area contributed by atoms with Crippen molar-refractivity contribution in [2.24, 2.45) is 0 Å². The van der Waals surface area contributed by atoms with Crippen LogP contribution in [0.2, 0.25) is 0 Å². The van der Waals surface area contributed by atoms with Gasteiger partial charge in [-0.2, -0.15) is 0 Å². The van der Waals surface area contributed by atoms with Gasteiger partial charge >= 0.3 is 0 Å². The summed E-state index contributed by atoms with van der Waals surface area (Å²) in [6, 6.07) is 19.1. The van der Waals surface area contributed by atoms with Crippen LogP contribution < -0.4 is 0 Å². The van der Waals surface area contributed by atoms with E-state index in [1.165, 1.54) is 26.7 Å². The Bertz CT molecular complexity index is 944. The van der Waals surface area contributed by atoms with E-state index in [2.05, 4.69) is 59.2 Å². The number of benzene rings is 2. The Labute approximate surface area is 129 Å². The van der Waals surface area contributed by atoms with Gasteiger partial charge in [-0.1, -0.05) is 81.4 Å². The zero-order chi connectivity index (χ0) is 13.5. The van der Waals surface area contributed by atoms with Gasteiger partial charge in [-0.3, -0.25) is 0 Å². The molecule has 1 nitrogen and oxygen atoms in total. The van der Waals surface area contributed by atoms with Crippen LogP contribution in [0.3, 0.4) is 0 Å². The molecule has 0 saturated carbocycles. The zero-order valence-electron chi connectivity index (χ0n) is 10.6. The summed E-state index contributed by atoms with van der Waals surface area (Å²) in [4.78, 5) is 0. The second-order valence-corrected chi connectivity index (χ2v) is 7.54. The van der Waals surface area contributed by atoms with E-state index in [4.69, 9.17) is 12.2 Å². The summed E-state index contributed by atoms with van der Waals surface area (Å²) >= 11 is 5.54. The maximum Gasteiger partial charge on any atom is 0.126 e. The molecule has 0 N–H and O–H groups in total. The highest BCUT2D eigenvalue weighted by molar-refractivity contribution is 7.81. The van der Waals surface area contributed by atoms with E-state index >= 15 is 0 Å². The van der Waals surface area contributed by atoms with Crippen LogP contribution in [0.4, 0.5) is 0 Å². The van der Waals surface area contributed by atoms with E-state index < -0.39 is 0 Å². The Morgan fingerprint density at radius 3 is 2.50 bits per heavy atom. The number of hydrogen-bond donors (Lipinski definition) is 0. The molecule has 0 spiro atoms. The summed E-state index contributed by atoms with van der Waals surface area (Å²) in [6.07, 6.45) is 0. The van der Waals surface area contributed by atoms with Gasteiger partial charge in [-0.05, 0) is 11.6 Å². The van der Waals surface area contributed by atoms with Crippen molar-refractivity contribution < 1.29 is 0 Å². The molecule has 98 valence electrons. The minimum Gasteiger partial charge on any atom is -0.333 e. The first-order chi connectivity index (χ1) is 9.84. The number of para-hydroxylation sites is 1. The van der Waals surface area contributed by atoms with Gasteiger partial charge in [0.1, 0.15) is 3.82 Å². The van der Waals surface area contributed by atoms with Gasteiger partial charge in [0.25, 0.3) is 0 Å². The van der Waals surface area contributed by atoms with Crippen molar-refractivity contribution in [2.75, 3.05) is 0 Å². The number of nitrogens with zero attached hydrogens (tertiary/aromatic N) is 1. The number of fused-ring (bicyclic) bond motifs is 3. The Morgan fingerprint density at radius 1 is 0.900 bits per heavy atom. The van der Waals surface area contributed by atoms with E-state index in [-0.39, 0.29) is 0 Å². The monoisotopic (exact) mass is 313 g/mol. The van der Waals surface area contributed by atoms with E-state index in [9.17, 15) is 0 Å². The number of aromatic nitrogens is 1. The summed E-state index contributed by atoms with van der Waals surface area (Å²) < 4.78 is 4.68. The van der Waals surface area contributed by atoms with Crippen molar-refractivity contribution in [2.45, 2.75) is 6.54 Å². The fraction of sp³-hybridized carbons (Fsp3) is 0.0625. The molecule has 0 atom stereocenters. The van der Waals surface area contributed by atoms with E-state index in [1.807, 2.05) is 0 Å². The lowest BCUT2D eigenvalue weighted by molar-refractivity contribution is 0.869. The van der Waals surface area contributed by atoms with Crippen LogP contribution in [-0.2, 0) is 6.54 Å². The smallest absolute Gasteiger partial charge is 0.126 e. The predicted molar refractivity (Wildman–Crippen MR) is 91.6 cm³/mol.